The lowest BCUT2D eigenvalue weighted by Gasteiger charge is -2.12. The van der Waals surface area contributed by atoms with Crippen LogP contribution in [0.4, 0.5) is 0 Å². The van der Waals surface area contributed by atoms with Gasteiger partial charge in [0.05, 0.1) is 13.2 Å². The first-order valence-electron chi connectivity index (χ1n) is 9.73. The molecule has 2 aromatic carbocycles. The summed E-state index contributed by atoms with van der Waals surface area (Å²) < 4.78 is 5.44. The Morgan fingerprint density at radius 3 is 2.76 bits per heavy atom. The number of phenolic OH excluding ortho intramolecular Hbond substituents is 1. The molecule has 0 aliphatic carbocycles. The standard InChI is InChI=1S/C22H28N4O2.HI/c1-3-23-22(26-14-16-9-10-20(27)21(13-16)28-4-2)24-12-11-17-15-25-19-8-6-5-7-18(17)19;/h5-10,13,15,25,27H,3-4,11-12,14H2,1-2H3,(H2,23,24,26);1H. The van der Waals surface area contributed by atoms with Gasteiger partial charge in [-0.2, -0.15) is 0 Å². The summed E-state index contributed by atoms with van der Waals surface area (Å²) in [7, 11) is 0. The summed E-state index contributed by atoms with van der Waals surface area (Å²) in [6.07, 6.45) is 2.98. The van der Waals surface area contributed by atoms with Crippen molar-refractivity contribution in [1.82, 2.24) is 15.6 Å². The predicted molar refractivity (Wildman–Crippen MR) is 130 cm³/mol. The van der Waals surface area contributed by atoms with Crippen molar-refractivity contribution in [3.63, 3.8) is 0 Å². The number of phenols is 1. The van der Waals surface area contributed by atoms with Gasteiger partial charge in [-0.15, -0.1) is 24.0 Å². The number of nitrogens with zero attached hydrogens (tertiary/aromatic N) is 1. The molecule has 3 aromatic rings. The molecular formula is C22H29IN4O2. The number of hydrogen-bond acceptors (Lipinski definition) is 3. The van der Waals surface area contributed by atoms with E-state index in [0.29, 0.717) is 18.9 Å². The van der Waals surface area contributed by atoms with Gasteiger partial charge in [0, 0.05) is 30.2 Å². The average molecular weight is 508 g/mol. The maximum Gasteiger partial charge on any atom is 0.191 e. The zero-order chi connectivity index (χ0) is 19.8. The molecule has 0 saturated heterocycles. The first-order valence-corrected chi connectivity index (χ1v) is 9.73. The highest BCUT2D eigenvalue weighted by Crippen LogP contribution is 2.27. The minimum absolute atomic E-state index is 0. The highest BCUT2D eigenvalue weighted by atomic mass is 127. The highest BCUT2D eigenvalue weighted by Gasteiger charge is 2.05. The van der Waals surface area contributed by atoms with Gasteiger partial charge in [-0.05, 0) is 49.6 Å². The fourth-order valence-corrected chi connectivity index (χ4v) is 3.09. The van der Waals surface area contributed by atoms with Gasteiger partial charge >= 0.3 is 0 Å². The van der Waals surface area contributed by atoms with E-state index in [0.717, 1.165) is 36.6 Å². The lowest BCUT2D eigenvalue weighted by Crippen LogP contribution is -2.38. The first kappa shape index (κ1) is 22.9. The molecule has 0 radical (unpaired) electrons. The molecule has 0 bridgehead atoms. The second-order valence-corrected chi connectivity index (χ2v) is 6.47. The van der Waals surface area contributed by atoms with Crippen molar-refractivity contribution in [3.8, 4) is 11.5 Å². The minimum Gasteiger partial charge on any atom is -0.504 e. The molecule has 29 heavy (non-hydrogen) atoms. The SMILES string of the molecule is CCNC(=NCc1ccc(O)c(OCC)c1)NCCc1c[nH]c2ccccc12.I. The molecule has 0 spiro atoms. The Bertz CT molecular complexity index is 939. The van der Waals surface area contributed by atoms with Crippen molar-refractivity contribution >= 4 is 40.8 Å². The van der Waals surface area contributed by atoms with Crippen LogP contribution in [0.2, 0.25) is 0 Å². The molecule has 1 heterocycles. The van der Waals surface area contributed by atoms with Gasteiger partial charge < -0.3 is 25.5 Å². The number of guanidine groups is 1. The van der Waals surface area contributed by atoms with Crippen LogP contribution in [0.1, 0.15) is 25.0 Å². The van der Waals surface area contributed by atoms with Crippen molar-refractivity contribution in [1.29, 1.82) is 0 Å². The Hall–Kier alpha value is -2.42. The van der Waals surface area contributed by atoms with E-state index in [1.807, 2.05) is 32.0 Å². The third kappa shape index (κ3) is 6.28. The smallest absolute Gasteiger partial charge is 0.191 e. The van der Waals surface area contributed by atoms with Crippen LogP contribution in [0.5, 0.6) is 11.5 Å². The third-order valence-corrected chi connectivity index (χ3v) is 4.45. The number of hydrogen-bond donors (Lipinski definition) is 4. The lowest BCUT2D eigenvalue weighted by molar-refractivity contribution is 0.318. The molecule has 0 fully saturated rings. The lowest BCUT2D eigenvalue weighted by atomic mass is 10.1. The number of fused-ring (bicyclic) bond motifs is 1. The summed E-state index contributed by atoms with van der Waals surface area (Å²) in [6.45, 7) is 6.53. The molecule has 0 saturated carbocycles. The second kappa shape index (κ2) is 11.5. The topological polar surface area (TPSA) is 81.7 Å². The minimum atomic E-state index is 0. The summed E-state index contributed by atoms with van der Waals surface area (Å²) in [5.74, 6) is 1.42. The monoisotopic (exact) mass is 508 g/mol. The van der Waals surface area contributed by atoms with E-state index in [2.05, 4.69) is 45.0 Å². The molecular weight excluding hydrogens is 479 g/mol. The fourth-order valence-electron chi connectivity index (χ4n) is 3.09. The summed E-state index contributed by atoms with van der Waals surface area (Å²) in [5.41, 5.74) is 3.43. The summed E-state index contributed by atoms with van der Waals surface area (Å²) in [5, 5.41) is 17.7. The van der Waals surface area contributed by atoms with Crippen LogP contribution in [0.25, 0.3) is 10.9 Å². The molecule has 4 N–H and O–H groups in total. The van der Waals surface area contributed by atoms with Crippen molar-refractivity contribution in [2.24, 2.45) is 4.99 Å². The van der Waals surface area contributed by atoms with Crippen LogP contribution >= 0.6 is 24.0 Å². The number of benzene rings is 2. The molecule has 156 valence electrons. The number of aliphatic imine (C=N–C) groups is 1. The van der Waals surface area contributed by atoms with E-state index >= 15 is 0 Å². The predicted octanol–water partition coefficient (Wildman–Crippen LogP) is 4.19. The number of aromatic nitrogens is 1. The van der Waals surface area contributed by atoms with E-state index in [-0.39, 0.29) is 29.7 Å². The van der Waals surface area contributed by atoms with Crippen molar-refractivity contribution in [3.05, 3.63) is 59.8 Å². The Labute approximate surface area is 188 Å². The quantitative estimate of drug-likeness (QED) is 0.209. The average Bonchev–Trinajstić information content (AvgIpc) is 3.12. The Morgan fingerprint density at radius 2 is 1.97 bits per heavy atom. The molecule has 0 aliphatic rings. The number of H-pyrrole nitrogens is 1. The van der Waals surface area contributed by atoms with Gasteiger partial charge in [-0.3, -0.25) is 0 Å². The van der Waals surface area contributed by atoms with E-state index in [4.69, 9.17) is 4.74 Å². The maximum absolute atomic E-state index is 9.82. The fraction of sp³-hybridized carbons (Fsp3) is 0.318. The van der Waals surface area contributed by atoms with Gasteiger partial charge in [-0.25, -0.2) is 4.99 Å². The number of aromatic hydroxyl groups is 1. The molecule has 6 nitrogen and oxygen atoms in total. The summed E-state index contributed by atoms with van der Waals surface area (Å²) >= 11 is 0. The Kier molecular flexibility index (Phi) is 9.11. The van der Waals surface area contributed by atoms with Crippen LogP contribution in [0.15, 0.2) is 53.7 Å². The second-order valence-electron chi connectivity index (χ2n) is 6.47. The largest absolute Gasteiger partial charge is 0.504 e. The highest BCUT2D eigenvalue weighted by molar-refractivity contribution is 14.0. The van der Waals surface area contributed by atoms with Gasteiger partial charge in [0.1, 0.15) is 0 Å². The summed E-state index contributed by atoms with van der Waals surface area (Å²) in [6, 6.07) is 13.7. The van der Waals surface area contributed by atoms with Gasteiger partial charge in [-0.1, -0.05) is 24.3 Å². The number of nitrogens with one attached hydrogen (secondary N) is 3. The molecule has 7 heteroatoms. The number of ether oxygens (including phenoxy) is 1. The van der Waals surface area contributed by atoms with Gasteiger partial charge in [0.2, 0.25) is 0 Å². The Morgan fingerprint density at radius 1 is 1.14 bits per heavy atom. The maximum atomic E-state index is 9.82. The summed E-state index contributed by atoms with van der Waals surface area (Å²) in [4.78, 5) is 7.96. The molecule has 0 atom stereocenters. The first-order chi connectivity index (χ1) is 13.7. The van der Waals surface area contributed by atoms with Crippen LogP contribution in [0.3, 0.4) is 0 Å². The number of aromatic amines is 1. The van der Waals surface area contributed by atoms with E-state index in [9.17, 15) is 5.11 Å². The zero-order valence-electron chi connectivity index (χ0n) is 16.9. The van der Waals surface area contributed by atoms with Crippen LogP contribution in [-0.2, 0) is 13.0 Å². The van der Waals surface area contributed by atoms with Crippen molar-refractivity contribution in [2.45, 2.75) is 26.8 Å². The number of halogens is 1. The van der Waals surface area contributed by atoms with Crippen molar-refractivity contribution in [2.75, 3.05) is 19.7 Å². The van der Waals surface area contributed by atoms with Gasteiger partial charge in [0.15, 0.2) is 17.5 Å². The molecule has 0 amide bonds. The number of para-hydroxylation sites is 1. The normalized spacial score (nSPS) is 11.2. The van der Waals surface area contributed by atoms with Crippen LogP contribution in [-0.4, -0.2) is 35.7 Å². The van der Waals surface area contributed by atoms with Crippen LogP contribution < -0.4 is 15.4 Å². The molecule has 1 aromatic heterocycles. The van der Waals surface area contributed by atoms with Crippen LogP contribution in [0, 0.1) is 0 Å². The van der Waals surface area contributed by atoms with E-state index in [1.54, 1.807) is 6.07 Å². The van der Waals surface area contributed by atoms with E-state index in [1.165, 1.54) is 10.9 Å². The molecule has 0 aliphatic heterocycles. The van der Waals surface area contributed by atoms with E-state index < -0.39 is 0 Å². The third-order valence-electron chi connectivity index (χ3n) is 4.45. The van der Waals surface area contributed by atoms with Gasteiger partial charge in [0.25, 0.3) is 0 Å². The van der Waals surface area contributed by atoms with Crippen molar-refractivity contribution < 1.29 is 9.84 Å². The number of rotatable bonds is 8. The molecule has 0 unspecified atom stereocenters. The Balaban J connectivity index is 0.00000300. The zero-order valence-corrected chi connectivity index (χ0v) is 19.2. The molecule has 3 rings (SSSR count).